The summed E-state index contributed by atoms with van der Waals surface area (Å²) in [5.74, 6) is -0.886. The Bertz CT molecular complexity index is 636. The van der Waals surface area contributed by atoms with Crippen LogP contribution in [0.15, 0.2) is 48.5 Å². The fraction of sp³-hybridized carbons (Fsp3) is 0.0667. The van der Waals surface area contributed by atoms with Gasteiger partial charge in [0.25, 0.3) is 11.8 Å². The number of aryl methyl sites for hydroxylation is 1. The first-order valence-corrected chi connectivity index (χ1v) is 6.02. The largest absolute Gasteiger partial charge is 0.322 e. The lowest BCUT2D eigenvalue weighted by molar-refractivity contribution is 0.0706. The van der Waals surface area contributed by atoms with Crippen LogP contribution in [-0.2, 0) is 0 Å². The van der Waals surface area contributed by atoms with Gasteiger partial charge in [-0.2, -0.15) is 0 Å². The minimum Gasteiger partial charge on any atom is -0.322 e. The predicted molar refractivity (Wildman–Crippen MR) is 74.8 cm³/mol. The summed E-state index contributed by atoms with van der Waals surface area (Å²) >= 11 is 0. The molecule has 5 heteroatoms. The number of amides is 2. The van der Waals surface area contributed by atoms with Gasteiger partial charge in [-0.3, -0.25) is 14.8 Å². The fourth-order valence-electron chi connectivity index (χ4n) is 1.71. The first-order valence-electron chi connectivity index (χ1n) is 6.02. The Morgan fingerprint density at radius 3 is 2.30 bits per heavy atom. The number of nitrogens with one attached hydrogen (secondary N) is 2. The van der Waals surface area contributed by atoms with Crippen molar-refractivity contribution < 1.29 is 14.8 Å². The van der Waals surface area contributed by atoms with Crippen LogP contribution in [0.3, 0.4) is 0 Å². The fourth-order valence-corrected chi connectivity index (χ4v) is 1.71. The van der Waals surface area contributed by atoms with Crippen molar-refractivity contribution in [3.05, 3.63) is 65.2 Å². The second-order valence-corrected chi connectivity index (χ2v) is 4.34. The molecule has 2 aromatic rings. The lowest BCUT2D eigenvalue weighted by Crippen LogP contribution is -2.19. The van der Waals surface area contributed by atoms with Gasteiger partial charge in [-0.1, -0.05) is 23.8 Å². The molecule has 0 bridgehead atoms. The summed E-state index contributed by atoms with van der Waals surface area (Å²) in [5, 5.41) is 11.3. The normalized spacial score (nSPS) is 9.90. The molecule has 0 aliphatic carbocycles. The Hall–Kier alpha value is -2.66. The number of carbonyl (C=O) groups is 2. The van der Waals surface area contributed by atoms with Crippen LogP contribution in [0.25, 0.3) is 0 Å². The molecule has 20 heavy (non-hydrogen) atoms. The SMILES string of the molecule is Cc1ccc(C(=O)Nc2cccc(C(=O)NO)c2)cc1. The van der Waals surface area contributed by atoms with Crippen LogP contribution in [0.5, 0.6) is 0 Å². The molecule has 0 saturated carbocycles. The molecule has 0 aliphatic heterocycles. The van der Waals surface area contributed by atoms with E-state index >= 15 is 0 Å². The average Bonchev–Trinajstić information content (AvgIpc) is 2.47. The van der Waals surface area contributed by atoms with Crippen LogP contribution in [0.2, 0.25) is 0 Å². The summed E-state index contributed by atoms with van der Waals surface area (Å²) in [7, 11) is 0. The van der Waals surface area contributed by atoms with Crippen LogP contribution in [0.4, 0.5) is 5.69 Å². The van der Waals surface area contributed by atoms with Gasteiger partial charge in [0, 0.05) is 16.8 Å². The van der Waals surface area contributed by atoms with Crippen LogP contribution in [0.1, 0.15) is 26.3 Å². The maximum atomic E-state index is 12.0. The second-order valence-electron chi connectivity index (χ2n) is 4.34. The Kier molecular flexibility index (Phi) is 4.12. The van der Waals surface area contributed by atoms with Gasteiger partial charge in [-0.05, 0) is 37.3 Å². The predicted octanol–water partition coefficient (Wildman–Crippen LogP) is 2.37. The molecule has 5 nitrogen and oxygen atoms in total. The van der Waals surface area contributed by atoms with Gasteiger partial charge >= 0.3 is 0 Å². The molecule has 0 aromatic heterocycles. The molecule has 0 fully saturated rings. The van der Waals surface area contributed by atoms with Gasteiger partial charge in [-0.25, -0.2) is 5.48 Å². The number of rotatable bonds is 3. The van der Waals surface area contributed by atoms with Crippen molar-refractivity contribution in [2.75, 3.05) is 5.32 Å². The van der Waals surface area contributed by atoms with Crippen molar-refractivity contribution in [3.8, 4) is 0 Å². The van der Waals surface area contributed by atoms with Crippen molar-refractivity contribution in [1.82, 2.24) is 5.48 Å². The molecule has 2 aromatic carbocycles. The number of hydrogen-bond donors (Lipinski definition) is 3. The van der Waals surface area contributed by atoms with Gasteiger partial charge in [-0.15, -0.1) is 0 Å². The third-order valence-electron chi connectivity index (χ3n) is 2.80. The minimum atomic E-state index is -0.628. The van der Waals surface area contributed by atoms with Crippen molar-refractivity contribution in [1.29, 1.82) is 0 Å². The van der Waals surface area contributed by atoms with Crippen LogP contribution in [0, 0.1) is 6.92 Å². The molecule has 0 heterocycles. The van der Waals surface area contributed by atoms with E-state index in [4.69, 9.17) is 5.21 Å². The van der Waals surface area contributed by atoms with Crippen molar-refractivity contribution in [3.63, 3.8) is 0 Å². The van der Waals surface area contributed by atoms with E-state index in [9.17, 15) is 9.59 Å². The molecule has 0 aliphatic rings. The maximum Gasteiger partial charge on any atom is 0.274 e. The standard InChI is InChI=1S/C15H14N2O3/c1-10-5-7-11(8-6-10)14(18)16-13-4-2-3-12(9-13)15(19)17-20/h2-9,20H,1H3,(H,16,18)(H,17,19). The zero-order valence-electron chi connectivity index (χ0n) is 10.9. The minimum absolute atomic E-state index is 0.258. The third-order valence-corrected chi connectivity index (χ3v) is 2.80. The average molecular weight is 270 g/mol. The number of benzene rings is 2. The van der Waals surface area contributed by atoms with E-state index in [0.717, 1.165) is 5.56 Å². The molecule has 3 N–H and O–H groups in total. The molecular formula is C15H14N2O3. The summed E-state index contributed by atoms with van der Waals surface area (Å²) in [6, 6.07) is 13.5. The topological polar surface area (TPSA) is 78.4 Å². The van der Waals surface area contributed by atoms with Crippen molar-refractivity contribution >= 4 is 17.5 Å². The maximum absolute atomic E-state index is 12.0. The van der Waals surface area contributed by atoms with Crippen LogP contribution < -0.4 is 10.8 Å². The van der Waals surface area contributed by atoms with E-state index < -0.39 is 5.91 Å². The number of hydrogen-bond acceptors (Lipinski definition) is 3. The lowest BCUT2D eigenvalue weighted by atomic mass is 10.1. The molecule has 0 radical (unpaired) electrons. The number of carbonyl (C=O) groups excluding carboxylic acids is 2. The second kappa shape index (κ2) is 5.99. The Morgan fingerprint density at radius 1 is 0.950 bits per heavy atom. The molecule has 0 saturated heterocycles. The van der Waals surface area contributed by atoms with Crippen LogP contribution >= 0.6 is 0 Å². The van der Waals surface area contributed by atoms with E-state index in [2.05, 4.69) is 5.32 Å². The van der Waals surface area contributed by atoms with Crippen molar-refractivity contribution in [2.24, 2.45) is 0 Å². The molecule has 0 spiro atoms. The Morgan fingerprint density at radius 2 is 1.65 bits per heavy atom. The zero-order valence-corrected chi connectivity index (χ0v) is 10.9. The molecule has 2 amide bonds. The lowest BCUT2D eigenvalue weighted by Gasteiger charge is -2.07. The molecule has 2 rings (SSSR count). The summed E-state index contributed by atoms with van der Waals surface area (Å²) < 4.78 is 0. The molecular weight excluding hydrogens is 256 g/mol. The highest BCUT2D eigenvalue weighted by atomic mass is 16.5. The monoisotopic (exact) mass is 270 g/mol. The van der Waals surface area contributed by atoms with Gasteiger partial charge < -0.3 is 5.32 Å². The van der Waals surface area contributed by atoms with E-state index in [-0.39, 0.29) is 11.5 Å². The van der Waals surface area contributed by atoms with Gasteiger partial charge in [0.1, 0.15) is 0 Å². The first kappa shape index (κ1) is 13.8. The summed E-state index contributed by atoms with van der Waals surface area (Å²) in [6.45, 7) is 1.94. The Balaban J connectivity index is 2.15. The van der Waals surface area contributed by atoms with Gasteiger partial charge in [0.15, 0.2) is 0 Å². The quantitative estimate of drug-likeness (QED) is 0.592. The van der Waals surface area contributed by atoms with Gasteiger partial charge in [0.2, 0.25) is 0 Å². The van der Waals surface area contributed by atoms with Gasteiger partial charge in [0.05, 0.1) is 0 Å². The van der Waals surface area contributed by atoms with E-state index in [0.29, 0.717) is 11.3 Å². The molecule has 0 atom stereocenters. The molecule has 102 valence electrons. The number of anilines is 1. The highest BCUT2D eigenvalue weighted by Gasteiger charge is 2.08. The zero-order chi connectivity index (χ0) is 14.5. The van der Waals surface area contributed by atoms with Crippen LogP contribution in [-0.4, -0.2) is 17.0 Å². The van der Waals surface area contributed by atoms with E-state index in [1.165, 1.54) is 12.1 Å². The third kappa shape index (κ3) is 3.21. The highest BCUT2D eigenvalue weighted by Crippen LogP contribution is 2.12. The first-order chi connectivity index (χ1) is 9.60. The van der Waals surface area contributed by atoms with E-state index in [1.54, 1.807) is 29.7 Å². The number of hydroxylamine groups is 1. The Labute approximate surface area is 116 Å². The highest BCUT2D eigenvalue weighted by molar-refractivity contribution is 6.05. The summed E-state index contributed by atoms with van der Waals surface area (Å²) in [6.07, 6.45) is 0. The summed E-state index contributed by atoms with van der Waals surface area (Å²) in [4.78, 5) is 23.3. The molecule has 0 unspecified atom stereocenters. The van der Waals surface area contributed by atoms with Crippen molar-refractivity contribution in [2.45, 2.75) is 6.92 Å². The summed E-state index contributed by atoms with van der Waals surface area (Å²) in [5.41, 5.74) is 3.90. The van der Waals surface area contributed by atoms with E-state index in [1.807, 2.05) is 19.1 Å². The smallest absolute Gasteiger partial charge is 0.274 e.